The van der Waals surface area contributed by atoms with Crippen molar-refractivity contribution in [3.63, 3.8) is 0 Å². The van der Waals surface area contributed by atoms with Crippen LogP contribution >= 0.6 is 0 Å². The highest BCUT2D eigenvalue weighted by Gasteiger charge is 2.18. The van der Waals surface area contributed by atoms with E-state index in [4.69, 9.17) is 9.47 Å². The maximum atomic E-state index is 12.2. The van der Waals surface area contributed by atoms with Crippen LogP contribution in [0.25, 0.3) is 0 Å². The molecule has 0 aliphatic carbocycles. The summed E-state index contributed by atoms with van der Waals surface area (Å²) in [6.07, 6.45) is 0. The summed E-state index contributed by atoms with van der Waals surface area (Å²) in [6.45, 7) is 3.73. The average molecular weight is 328 g/mol. The van der Waals surface area contributed by atoms with Gasteiger partial charge in [-0.15, -0.1) is 0 Å². The lowest BCUT2D eigenvalue weighted by Gasteiger charge is -2.13. The molecule has 0 fully saturated rings. The molecule has 0 aliphatic heterocycles. The summed E-state index contributed by atoms with van der Waals surface area (Å²) in [5.41, 5.74) is 2.76. The average Bonchev–Trinajstić information content (AvgIpc) is 2.57. The Kier molecular flexibility index (Phi) is 5.42. The Balaban J connectivity index is 2.16. The van der Waals surface area contributed by atoms with Gasteiger partial charge in [0.15, 0.2) is 0 Å². The molecular weight excluding hydrogens is 308 g/mol. The number of rotatable bonds is 4. The first-order chi connectivity index (χ1) is 11.5. The molecule has 6 heteroatoms. The van der Waals surface area contributed by atoms with Gasteiger partial charge in [0.25, 0.3) is 0 Å². The highest BCUT2D eigenvalue weighted by molar-refractivity contribution is 6.44. The molecule has 0 spiro atoms. The van der Waals surface area contributed by atoms with Gasteiger partial charge in [-0.1, -0.05) is 18.2 Å². The number of amides is 2. The lowest BCUT2D eigenvalue weighted by Crippen LogP contribution is -2.29. The van der Waals surface area contributed by atoms with E-state index in [-0.39, 0.29) is 0 Å². The highest BCUT2D eigenvalue weighted by atomic mass is 16.5. The largest absolute Gasteiger partial charge is 0.497 e. The van der Waals surface area contributed by atoms with Gasteiger partial charge in [-0.05, 0) is 37.1 Å². The fourth-order valence-electron chi connectivity index (χ4n) is 2.27. The molecule has 0 aliphatic rings. The molecule has 2 rings (SSSR count). The molecule has 0 radical (unpaired) electrons. The molecule has 2 aromatic carbocycles. The number of para-hydroxylation sites is 1. The van der Waals surface area contributed by atoms with Crippen molar-refractivity contribution in [2.24, 2.45) is 0 Å². The normalized spacial score (nSPS) is 10.0. The second kappa shape index (κ2) is 7.50. The Morgan fingerprint density at radius 3 is 2.08 bits per heavy atom. The van der Waals surface area contributed by atoms with Gasteiger partial charge in [0.1, 0.15) is 11.5 Å². The van der Waals surface area contributed by atoms with Crippen LogP contribution in [-0.2, 0) is 9.59 Å². The van der Waals surface area contributed by atoms with E-state index < -0.39 is 11.8 Å². The van der Waals surface area contributed by atoms with Crippen LogP contribution in [0.2, 0.25) is 0 Å². The van der Waals surface area contributed by atoms with E-state index in [1.54, 1.807) is 18.2 Å². The zero-order chi connectivity index (χ0) is 17.7. The summed E-state index contributed by atoms with van der Waals surface area (Å²) in [5.74, 6) is -0.563. The van der Waals surface area contributed by atoms with E-state index in [0.717, 1.165) is 11.1 Å². The first-order valence-corrected chi connectivity index (χ1v) is 7.37. The van der Waals surface area contributed by atoms with Crippen LogP contribution in [0, 0.1) is 13.8 Å². The number of ether oxygens (including phenoxy) is 2. The van der Waals surface area contributed by atoms with E-state index in [9.17, 15) is 9.59 Å². The molecule has 2 aromatic rings. The molecule has 0 saturated heterocycles. The minimum absolute atomic E-state index is 0.360. The molecule has 24 heavy (non-hydrogen) atoms. The molecule has 0 saturated carbocycles. The van der Waals surface area contributed by atoms with E-state index in [1.807, 2.05) is 32.0 Å². The lowest BCUT2D eigenvalue weighted by atomic mass is 10.1. The van der Waals surface area contributed by atoms with Gasteiger partial charge in [-0.25, -0.2) is 0 Å². The van der Waals surface area contributed by atoms with Crippen molar-refractivity contribution in [2.75, 3.05) is 24.9 Å². The van der Waals surface area contributed by atoms with Gasteiger partial charge in [-0.3, -0.25) is 9.59 Å². The predicted molar refractivity (Wildman–Crippen MR) is 92.7 cm³/mol. The predicted octanol–water partition coefficient (Wildman–Crippen LogP) is 2.90. The third kappa shape index (κ3) is 3.84. The van der Waals surface area contributed by atoms with Crippen molar-refractivity contribution >= 4 is 23.2 Å². The van der Waals surface area contributed by atoms with Crippen LogP contribution in [0.5, 0.6) is 11.5 Å². The highest BCUT2D eigenvalue weighted by Crippen LogP contribution is 2.29. The first-order valence-electron chi connectivity index (χ1n) is 7.37. The van der Waals surface area contributed by atoms with Gasteiger partial charge < -0.3 is 20.1 Å². The number of aryl methyl sites for hydroxylation is 2. The Morgan fingerprint density at radius 2 is 1.50 bits per heavy atom. The third-order valence-electron chi connectivity index (χ3n) is 3.58. The molecule has 2 N–H and O–H groups in total. The van der Waals surface area contributed by atoms with E-state index in [2.05, 4.69) is 10.6 Å². The number of nitrogens with one attached hydrogen (secondary N) is 2. The topological polar surface area (TPSA) is 76.7 Å². The molecule has 0 aromatic heterocycles. The summed E-state index contributed by atoms with van der Waals surface area (Å²) >= 11 is 0. The number of hydrogen-bond donors (Lipinski definition) is 2. The van der Waals surface area contributed by atoms with Gasteiger partial charge in [0.2, 0.25) is 0 Å². The van der Waals surface area contributed by atoms with Crippen molar-refractivity contribution in [1.29, 1.82) is 0 Å². The van der Waals surface area contributed by atoms with Crippen LogP contribution in [-0.4, -0.2) is 26.0 Å². The standard InChI is InChI=1S/C18H20N2O4/c1-11-6-5-7-12(2)16(11)20-18(22)17(21)19-14-10-13(23-3)8-9-15(14)24-4/h5-10H,1-4H3,(H,19,21)(H,20,22). The zero-order valence-electron chi connectivity index (χ0n) is 14.1. The zero-order valence-corrected chi connectivity index (χ0v) is 14.1. The van der Waals surface area contributed by atoms with Crippen LogP contribution in [0.1, 0.15) is 11.1 Å². The van der Waals surface area contributed by atoms with Crippen LogP contribution in [0.4, 0.5) is 11.4 Å². The van der Waals surface area contributed by atoms with Gasteiger partial charge in [-0.2, -0.15) is 0 Å². The summed E-state index contributed by atoms with van der Waals surface area (Å²) < 4.78 is 10.3. The number of benzene rings is 2. The Hall–Kier alpha value is -3.02. The molecule has 126 valence electrons. The first kappa shape index (κ1) is 17.3. The minimum Gasteiger partial charge on any atom is -0.497 e. The maximum Gasteiger partial charge on any atom is 0.314 e. The van der Waals surface area contributed by atoms with Gasteiger partial charge in [0.05, 0.1) is 19.9 Å². The maximum absolute atomic E-state index is 12.2. The van der Waals surface area contributed by atoms with Crippen LogP contribution in [0.15, 0.2) is 36.4 Å². The third-order valence-corrected chi connectivity index (χ3v) is 3.58. The molecule has 6 nitrogen and oxygen atoms in total. The number of carbonyl (C=O) groups is 2. The van der Waals surface area contributed by atoms with Crippen molar-refractivity contribution in [3.8, 4) is 11.5 Å². The molecule has 2 amide bonds. The van der Waals surface area contributed by atoms with Crippen molar-refractivity contribution < 1.29 is 19.1 Å². The van der Waals surface area contributed by atoms with Crippen molar-refractivity contribution in [3.05, 3.63) is 47.5 Å². The number of hydrogen-bond acceptors (Lipinski definition) is 4. The Morgan fingerprint density at radius 1 is 0.875 bits per heavy atom. The van der Waals surface area contributed by atoms with Crippen LogP contribution < -0.4 is 20.1 Å². The van der Waals surface area contributed by atoms with Crippen molar-refractivity contribution in [2.45, 2.75) is 13.8 Å². The smallest absolute Gasteiger partial charge is 0.314 e. The summed E-state index contributed by atoms with van der Waals surface area (Å²) in [7, 11) is 3.00. The monoisotopic (exact) mass is 328 g/mol. The Labute approximate surface area is 140 Å². The van der Waals surface area contributed by atoms with E-state index in [1.165, 1.54) is 14.2 Å². The minimum atomic E-state index is -0.788. The molecule has 0 bridgehead atoms. The van der Waals surface area contributed by atoms with Gasteiger partial charge >= 0.3 is 11.8 Å². The van der Waals surface area contributed by atoms with E-state index in [0.29, 0.717) is 22.9 Å². The second-order valence-electron chi connectivity index (χ2n) is 5.24. The van der Waals surface area contributed by atoms with E-state index >= 15 is 0 Å². The summed E-state index contributed by atoms with van der Waals surface area (Å²) in [5, 5.41) is 5.18. The lowest BCUT2D eigenvalue weighted by molar-refractivity contribution is -0.133. The molecular formula is C18H20N2O4. The number of anilines is 2. The fraction of sp³-hybridized carbons (Fsp3) is 0.222. The van der Waals surface area contributed by atoms with Crippen LogP contribution in [0.3, 0.4) is 0 Å². The number of carbonyl (C=O) groups excluding carboxylic acids is 2. The molecule has 0 heterocycles. The molecule has 0 unspecified atom stereocenters. The Bertz CT molecular complexity index is 751. The van der Waals surface area contributed by atoms with Gasteiger partial charge in [0, 0.05) is 11.8 Å². The second-order valence-corrected chi connectivity index (χ2v) is 5.24. The summed E-state index contributed by atoms with van der Waals surface area (Å²) in [4.78, 5) is 24.4. The fourth-order valence-corrected chi connectivity index (χ4v) is 2.27. The molecule has 0 atom stereocenters. The summed E-state index contributed by atoms with van der Waals surface area (Å²) in [6, 6.07) is 10.6. The SMILES string of the molecule is COc1ccc(OC)c(NC(=O)C(=O)Nc2c(C)cccc2C)c1. The number of methoxy groups -OCH3 is 2. The van der Waals surface area contributed by atoms with Crippen molar-refractivity contribution in [1.82, 2.24) is 0 Å². The quantitative estimate of drug-likeness (QED) is 0.846.